The van der Waals surface area contributed by atoms with Crippen molar-refractivity contribution in [2.24, 2.45) is 0 Å². The van der Waals surface area contributed by atoms with E-state index >= 15 is 0 Å². The Hall–Kier alpha value is -4.59. The maximum absolute atomic E-state index is 12.7. The first-order valence-electron chi connectivity index (χ1n) is 11.0. The van der Waals surface area contributed by atoms with Gasteiger partial charge in [0, 0.05) is 30.7 Å². The lowest BCUT2D eigenvalue weighted by Crippen LogP contribution is -2.23. The van der Waals surface area contributed by atoms with Gasteiger partial charge in [-0.15, -0.1) is 0 Å². The van der Waals surface area contributed by atoms with Crippen molar-refractivity contribution in [3.63, 3.8) is 0 Å². The highest BCUT2D eigenvalue weighted by Crippen LogP contribution is 2.20. The number of carbonyl (C=O) groups excluding carboxylic acids is 1. The van der Waals surface area contributed by atoms with Gasteiger partial charge in [-0.1, -0.05) is 24.3 Å². The van der Waals surface area contributed by atoms with Crippen LogP contribution in [0.1, 0.15) is 34.5 Å². The highest BCUT2D eigenvalue weighted by molar-refractivity contribution is 5.94. The summed E-state index contributed by atoms with van der Waals surface area (Å²) in [6, 6.07) is 20.9. The number of hydrogen-bond donors (Lipinski definition) is 2. The van der Waals surface area contributed by atoms with E-state index in [0.29, 0.717) is 18.1 Å². The van der Waals surface area contributed by atoms with Gasteiger partial charge in [0.1, 0.15) is 12.1 Å². The maximum Gasteiger partial charge on any atom is 0.251 e. The number of carbonyl (C=O) groups is 1. The molecule has 34 heavy (non-hydrogen) atoms. The van der Waals surface area contributed by atoms with Gasteiger partial charge in [0.2, 0.25) is 5.95 Å². The molecule has 3 heterocycles. The van der Waals surface area contributed by atoms with Crippen LogP contribution in [-0.4, -0.2) is 30.4 Å². The predicted octanol–water partition coefficient (Wildman–Crippen LogP) is 4.31. The summed E-state index contributed by atoms with van der Waals surface area (Å²) in [5.41, 5.74) is 4.43. The van der Waals surface area contributed by atoms with E-state index < -0.39 is 0 Å². The molecule has 3 aromatic heterocycles. The molecule has 0 saturated heterocycles. The number of fused-ring (bicyclic) bond motifs is 1. The molecular formula is C26H23N7O. The number of amides is 1. The summed E-state index contributed by atoms with van der Waals surface area (Å²) in [6.45, 7) is 2.46. The number of pyridine rings is 1. The van der Waals surface area contributed by atoms with Crippen LogP contribution in [0.25, 0.3) is 16.9 Å². The average Bonchev–Trinajstić information content (AvgIpc) is 3.32. The lowest BCUT2D eigenvalue weighted by Gasteiger charge is -2.16. The van der Waals surface area contributed by atoms with Crippen LogP contribution in [0.15, 0.2) is 91.6 Å². The van der Waals surface area contributed by atoms with Crippen LogP contribution in [0.3, 0.4) is 0 Å². The molecule has 0 fully saturated rings. The minimum atomic E-state index is -0.129. The van der Waals surface area contributed by atoms with Crippen LogP contribution in [0.5, 0.6) is 0 Å². The van der Waals surface area contributed by atoms with Gasteiger partial charge in [0.05, 0.1) is 17.1 Å². The van der Waals surface area contributed by atoms with Gasteiger partial charge in [-0.05, 0) is 60.5 Å². The Morgan fingerprint density at radius 3 is 2.71 bits per heavy atom. The van der Waals surface area contributed by atoms with Crippen molar-refractivity contribution in [1.82, 2.24) is 29.8 Å². The molecule has 5 rings (SSSR count). The predicted molar refractivity (Wildman–Crippen MR) is 131 cm³/mol. The van der Waals surface area contributed by atoms with Gasteiger partial charge in [-0.2, -0.15) is 4.98 Å². The molecule has 1 atom stereocenters. The van der Waals surface area contributed by atoms with Crippen molar-refractivity contribution >= 4 is 22.9 Å². The van der Waals surface area contributed by atoms with Crippen molar-refractivity contribution in [2.75, 3.05) is 5.32 Å². The Morgan fingerprint density at radius 2 is 1.82 bits per heavy atom. The molecule has 0 radical (unpaired) electrons. The fourth-order valence-electron chi connectivity index (χ4n) is 3.71. The summed E-state index contributed by atoms with van der Waals surface area (Å²) in [6.07, 6.45) is 6.90. The van der Waals surface area contributed by atoms with Gasteiger partial charge >= 0.3 is 0 Å². The van der Waals surface area contributed by atoms with Gasteiger partial charge in [0.15, 0.2) is 0 Å². The molecule has 1 unspecified atom stereocenters. The highest BCUT2D eigenvalue weighted by atomic mass is 16.1. The number of hydrogen-bond acceptors (Lipinski definition) is 6. The van der Waals surface area contributed by atoms with Crippen LogP contribution in [0.2, 0.25) is 0 Å². The van der Waals surface area contributed by atoms with E-state index in [2.05, 4.69) is 30.6 Å². The summed E-state index contributed by atoms with van der Waals surface area (Å²) < 4.78 is 1.93. The van der Waals surface area contributed by atoms with Crippen LogP contribution in [-0.2, 0) is 6.54 Å². The Labute approximate surface area is 196 Å². The minimum absolute atomic E-state index is 0.109. The summed E-state index contributed by atoms with van der Waals surface area (Å²) in [4.78, 5) is 30.1. The van der Waals surface area contributed by atoms with Crippen LogP contribution in [0, 0.1) is 0 Å². The lowest BCUT2D eigenvalue weighted by atomic mass is 10.0. The molecule has 1 amide bonds. The first-order chi connectivity index (χ1) is 16.7. The van der Waals surface area contributed by atoms with Gasteiger partial charge in [-0.25, -0.2) is 9.97 Å². The Bertz CT molecular complexity index is 1430. The molecule has 2 N–H and O–H groups in total. The number of anilines is 1. The minimum Gasteiger partial charge on any atom is -0.348 e. The number of para-hydroxylation sites is 2. The third-order valence-corrected chi connectivity index (χ3v) is 5.54. The van der Waals surface area contributed by atoms with E-state index in [1.807, 2.05) is 72.2 Å². The summed E-state index contributed by atoms with van der Waals surface area (Å²) in [5.74, 6) is 1.09. The zero-order valence-electron chi connectivity index (χ0n) is 18.6. The second-order valence-corrected chi connectivity index (χ2v) is 7.87. The van der Waals surface area contributed by atoms with E-state index in [1.165, 1.54) is 0 Å². The van der Waals surface area contributed by atoms with Crippen LogP contribution < -0.4 is 10.6 Å². The summed E-state index contributed by atoms with van der Waals surface area (Å²) in [5, 5.41) is 6.29. The highest BCUT2D eigenvalue weighted by Gasteiger charge is 2.12. The molecule has 0 bridgehead atoms. The fraction of sp³-hybridized carbons (Fsp3) is 0.115. The smallest absolute Gasteiger partial charge is 0.251 e. The maximum atomic E-state index is 12.7. The first-order valence-corrected chi connectivity index (χ1v) is 11.0. The molecule has 168 valence electrons. The van der Waals surface area contributed by atoms with Crippen molar-refractivity contribution in [2.45, 2.75) is 19.5 Å². The van der Waals surface area contributed by atoms with Crippen molar-refractivity contribution in [3.8, 4) is 5.82 Å². The first kappa shape index (κ1) is 21.3. The number of rotatable bonds is 7. The number of benzene rings is 2. The zero-order chi connectivity index (χ0) is 23.3. The Kier molecular flexibility index (Phi) is 5.94. The van der Waals surface area contributed by atoms with E-state index in [4.69, 9.17) is 0 Å². The van der Waals surface area contributed by atoms with Gasteiger partial charge in [-0.3, -0.25) is 14.3 Å². The second-order valence-electron chi connectivity index (χ2n) is 7.87. The van der Waals surface area contributed by atoms with Crippen LogP contribution >= 0.6 is 0 Å². The Morgan fingerprint density at radius 1 is 0.971 bits per heavy atom. The summed E-state index contributed by atoms with van der Waals surface area (Å²) >= 11 is 0. The van der Waals surface area contributed by atoms with Crippen LogP contribution in [0.4, 0.5) is 5.95 Å². The van der Waals surface area contributed by atoms with Gasteiger partial charge < -0.3 is 10.6 Å². The molecule has 8 nitrogen and oxygen atoms in total. The standard InChI is InChI=1S/C26H23N7O/c1-18(20-5-4-6-21(15-20)25(34)29-16-19-9-12-27-13-10-19)31-26-28-14-11-24(32-26)33-17-30-22-7-2-3-8-23(22)33/h2-15,17-18H,16H2,1H3,(H,29,34)(H,28,31,32). The van der Waals surface area contributed by atoms with E-state index in [0.717, 1.165) is 28.0 Å². The number of nitrogens with zero attached hydrogens (tertiary/aromatic N) is 5. The SMILES string of the molecule is CC(Nc1nccc(-n2cnc3ccccc32)n1)c1cccc(C(=O)NCc2ccncc2)c1. The second kappa shape index (κ2) is 9.50. The third-order valence-electron chi connectivity index (χ3n) is 5.54. The monoisotopic (exact) mass is 449 g/mol. The molecule has 0 saturated carbocycles. The van der Waals surface area contributed by atoms with Gasteiger partial charge in [0.25, 0.3) is 5.91 Å². The molecule has 5 aromatic rings. The molecule has 0 spiro atoms. The van der Waals surface area contributed by atoms with E-state index in [1.54, 1.807) is 31.0 Å². The average molecular weight is 450 g/mol. The van der Waals surface area contributed by atoms with E-state index in [9.17, 15) is 4.79 Å². The molecule has 0 aliphatic heterocycles. The summed E-state index contributed by atoms with van der Waals surface area (Å²) in [7, 11) is 0. The lowest BCUT2D eigenvalue weighted by molar-refractivity contribution is 0.0951. The van der Waals surface area contributed by atoms with Crippen molar-refractivity contribution in [1.29, 1.82) is 0 Å². The Balaban J connectivity index is 1.30. The fourth-order valence-corrected chi connectivity index (χ4v) is 3.71. The quantitative estimate of drug-likeness (QED) is 0.384. The van der Waals surface area contributed by atoms with Crippen molar-refractivity contribution in [3.05, 3.63) is 108 Å². The topological polar surface area (TPSA) is 97.6 Å². The molecule has 8 heteroatoms. The normalized spacial score (nSPS) is 11.8. The molecule has 2 aromatic carbocycles. The van der Waals surface area contributed by atoms with Crippen molar-refractivity contribution < 1.29 is 4.79 Å². The number of nitrogens with one attached hydrogen (secondary N) is 2. The number of imidazole rings is 1. The third kappa shape index (κ3) is 4.61. The molecular weight excluding hydrogens is 426 g/mol. The van der Waals surface area contributed by atoms with E-state index in [-0.39, 0.29) is 11.9 Å². The molecule has 0 aliphatic carbocycles. The number of aromatic nitrogens is 5. The largest absolute Gasteiger partial charge is 0.348 e. The molecule has 0 aliphatic rings. The zero-order valence-corrected chi connectivity index (χ0v) is 18.6.